The highest BCUT2D eigenvalue weighted by Crippen LogP contribution is 2.22. The van der Waals surface area contributed by atoms with Gasteiger partial charge in [-0.2, -0.15) is 13.2 Å². The van der Waals surface area contributed by atoms with Gasteiger partial charge >= 0.3 is 12.2 Å². The Labute approximate surface area is 110 Å². The first-order chi connectivity index (χ1) is 8.94. The fraction of sp³-hybridized carbons (Fsp3) is 0.909. The Bertz CT molecular complexity index is 281. The molecule has 5 nitrogen and oxygen atoms in total. The van der Waals surface area contributed by atoms with E-state index in [2.05, 4.69) is 5.32 Å². The van der Waals surface area contributed by atoms with Crippen LogP contribution in [0.25, 0.3) is 0 Å². The molecule has 19 heavy (non-hydrogen) atoms. The van der Waals surface area contributed by atoms with E-state index in [9.17, 15) is 18.0 Å². The van der Waals surface area contributed by atoms with Crippen LogP contribution in [0.2, 0.25) is 0 Å². The van der Waals surface area contributed by atoms with E-state index < -0.39 is 24.8 Å². The van der Waals surface area contributed by atoms with E-state index >= 15 is 0 Å². The number of nitrogens with zero attached hydrogens (tertiary/aromatic N) is 1. The van der Waals surface area contributed by atoms with Crippen molar-refractivity contribution in [3.05, 3.63) is 0 Å². The van der Waals surface area contributed by atoms with Gasteiger partial charge in [0, 0.05) is 32.9 Å². The van der Waals surface area contributed by atoms with Gasteiger partial charge in [0.05, 0.1) is 6.61 Å². The van der Waals surface area contributed by atoms with Gasteiger partial charge in [-0.25, -0.2) is 4.79 Å². The minimum atomic E-state index is -4.41. The Morgan fingerprint density at radius 3 is 2.58 bits per heavy atom. The van der Waals surface area contributed by atoms with Gasteiger partial charge in [0.1, 0.15) is 6.54 Å². The van der Waals surface area contributed by atoms with E-state index in [0.29, 0.717) is 26.1 Å². The summed E-state index contributed by atoms with van der Waals surface area (Å²) in [5.74, 6) is 0. The van der Waals surface area contributed by atoms with Crippen LogP contribution in [0.3, 0.4) is 0 Å². The predicted octanol–water partition coefficient (Wildman–Crippen LogP) is 1.39. The summed E-state index contributed by atoms with van der Waals surface area (Å²) >= 11 is 0. The van der Waals surface area contributed by atoms with E-state index in [0.717, 1.165) is 4.90 Å². The first kappa shape index (κ1) is 16.0. The van der Waals surface area contributed by atoms with Crippen molar-refractivity contribution in [2.45, 2.75) is 25.1 Å². The van der Waals surface area contributed by atoms with Crippen LogP contribution in [0.1, 0.15) is 12.8 Å². The lowest BCUT2D eigenvalue weighted by Crippen LogP contribution is -2.52. The number of halogens is 3. The van der Waals surface area contributed by atoms with E-state index in [1.165, 1.54) is 7.11 Å². The molecule has 8 heteroatoms. The number of urea groups is 1. The number of methoxy groups -OCH3 is 1. The highest BCUT2D eigenvalue weighted by atomic mass is 19.4. The third-order valence-electron chi connectivity index (χ3n) is 2.82. The van der Waals surface area contributed by atoms with E-state index in [4.69, 9.17) is 9.47 Å². The molecule has 112 valence electrons. The van der Waals surface area contributed by atoms with Gasteiger partial charge in [0.2, 0.25) is 0 Å². The van der Waals surface area contributed by atoms with Crippen molar-refractivity contribution in [2.24, 2.45) is 0 Å². The number of nitrogens with one attached hydrogen (secondary N) is 1. The zero-order valence-electron chi connectivity index (χ0n) is 10.8. The number of hydrogen-bond donors (Lipinski definition) is 1. The summed E-state index contributed by atoms with van der Waals surface area (Å²) in [4.78, 5) is 12.7. The maximum absolute atomic E-state index is 12.5. The van der Waals surface area contributed by atoms with Crippen molar-refractivity contribution < 1.29 is 27.4 Å². The molecular formula is C11H19F3N2O3. The maximum Gasteiger partial charge on any atom is 0.406 e. The average molecular weight is 284 g/mol. The second-order valence-corrected chi connectivity index (χ2v) is 4.31. The average Bonchev–Trinajstić information content (AvgIpc) is 2.36. The lowest BCUT2D eigenvalue weighted by atomic mass is 10.1. The summed E-state index contributed by atoms with van der Waals surface area (Å²) in [6.07, 6.45) is -3.56. The van der Waals surface area contributed by atoms with E-state index in [-0.39, 0.29) is 13.2 Å². The fourth-order valence-corrected chi connectivity index (χ4v) is 1.92. The molecule has 0 spiro atoms. The van der Waals surface area contributed by atoms with Crippen LogP contribution in [0.5, 0.6) is 0 Å². The van der Waals surface area contributed by atoms with Crippen molar-refractivity contribution in [1.82, 2.24) is 10.2 Å². The fourth-order valence-electron chi connectivity index (χ4n) is 1.92. The van der Waals surface area contributed by atoms with Crippen LogP contribution in [0, 0.1) is 0 Å². The molecule has 1 rings (SSSR count). The Morgan fingerprint density at radius 2 is 2.05 bits per heavy atom. The Morgan fingerprint density at radius 1 is 1.42 bits per heavy atom. The standard InChI is InChI=1S/C11H19F3N2O3/c1-18-7-4-15-10(17)16(8-11(12,13)14)9-2-5-19-6-3-9/h9H,2-8H2,1H3,(H,15,17). The Hall–Kier alpha value is -1.02. The summed E-state index contributed by atoms with van der Waals surface area (Å²) in [7, 11) is 1.46. The van der Waals surface area contributed by atoms with E-state index in [1.54, 1.807) is 0 Å². The first-order valence-corrected chi connectivity index (χ1v) is 6.12. The second-order valence-electron chi connectivity index (χ2n) is 4.31. The molecule has 1 heterocycles. The highest BCUT2D eigenvalue weighted by Gasteiger charge is 2.37. The number of alkyl halides is 3. The third kappa shape index (κ3) is 6.11. The molecule has 0 radical (unpaired) electrons. The highest BCUT2D eigenvalue weighted by molar-refractivity contribution is 5.74. The molecule has 2 amide bonds. The van der Waals surface area contributed by atoms with Gasteiger partial charge in [0.25, 0.3) is 0 Å². The summed E-state index contributed by atoms with van der Waals surface area (Å²) < 4.78 is 47.4. The molecule has 0 unspecified atom stereocenters. The molecule has 0 aliphatic carbocycles. The van der Waals surface area contributed by atoms with Gasteiger partial charge in [-0.3, -0.25) is 0 Å². The smallest absolute Gasteiger partial charge is 0.383 e. The number of rotatable bonds is 5. The zero-order valence-corrected chi connectivity index (χ0v) is 10.8. The molecule has 1 fully saturated rings. The Kier molecular flexibility index (Phi) is 6.36. The molecule has 0 saturated carbocycles. The summed E-state index contributed by atoms with van der Waals surface area (Å²) in [6, 6.07) is -1.14. The van der Waals surface area contributed by atoms with Crippen LogP contribution in [-0.2, 0) is 9.47 Å². The molecule has 0 aromatic rings. The predicted molar refractivity (Wildman–Crippen MR) is 61.9 cm³/mol. The summed E-state index contributed by atoms with van der Waals surface area (Å²) in [5, 5.41) is 2.42. The molecule has 0 aromatic heterocycles. The minimum absolute atomic E-state index is 0.187. The minimum Gasteiger partial charge on any atom is -0.383 e. The first-order valence-electron chi connectivity index (χ1n) is 6.12. The van der Waals surface area contributed by atoms with Gasteiger partial charge in [-0.1, -0.05) is 0 Å². The molecule has 0 atom stereocenters. The second kappa shape index (κ2) is 7.54. The summed E-state index contributed by atoms with van der Waals surface area (Å²) in [6.45, 7) is -0.0302. The zero-order chi connectivity index (χ0) is 14.3. The lowest BCUT2D eigenvalue weighted by Gasteiger charge is -2.34. The largest absolute Gasteiger partial charge is 0.406 e. The molecule has 1 saturated heterocycles. The van der Waals surface area contributed by atoms with Gasteiger partial charge in [0.15, 0.2) is 0 Å². The van der Waals surface area contributed by atoms with Crippen molar-refractivity contribution in [1.29, 1.82) is 0 Å². The quantitative estimate of drug-likeness (QED) is 0.776. The number of carbonyl (C=O) groups excluding carboxylic acids is 1. The van der Waals surface area contributed by atoms with Crippen LogP contribution in [0.15, 0.2) is 0 Å². The Balaban J connectivity index is 2.59. The molecule has 1 aliphatic rings. The lowest BCUT2D eigenvalue weighted by molar-refractivity contribution is -0.146. The number of hydrogen-bond acceptors (Lipinski definition) is 3. The number of ether oxygens (including phenoxy) is 2. The maximum atomic E-state index is 12.5. The van der Waals surface area contributed by atoms with Crippen molar-refractivity contribution in [2.75, 3.05) is 40.0 Å². The van der Waals surface area contributed by atoms with Crippen LogP contribution < -0.4 is 5.32 Å². The van der Waals surface area contributed by atoms with Crippen LogP contribution in [-0.4, -0.2) is 63.2 Å². The van der Waals surface area contributed by atoms with Crippen molar-refractivity contribution in [3.8, 4) is 0 Å². The normalized spacial score (nSPS) is 17.3. The summed E-state index contributed by atoms with van der Waals surface area (Å²) in [5.41, 5.74) is 0. The van der Waals surface area contributed by atoms with Gasteiger partial charge < -0.3 is 19.7 Å². The monoisotopic (exact) mass is 284 g/mol. The topological polar surface area (TPSA) is 50.8 Å². The van der Waals surface area contributed by atoms with Gasteiger partial charge in [-0.05, 0) is 12.8 Å². The third-order valence-corrected chi connectivity index (χ3v) is 2.82. The van der Waals surface area contributed by atoms with Crippen molar-refractivity contribution >= 4 is 6.03 Å². The van der Waals surface area contributed by atoms with Crippen LogP contribution in [0.4, 0.5) is 18.0 Å². The molecule has 0 bridgehead atoms. The van der Waals surface area contributed by atoms with Gasteiger partial charge in [-0.15, -0.1) is 0 Å². The van der Waals surface area contributed by atoms with E-state index in [1.807, 2.05) is 0 Å². The SMILES string of the molecule is COCCNC(=O)N(CC(F)(F)F)C1CCOCC1. The van der Waals surface area contributed by atoms with Crippen molar-refractivity contribution in [3.63, 3.8) is 0 Å². The molecule has 1 N–H and O–H groups in total. The molecule has 1 aliphatic heterocycles. The van der Waals surface area contributed by atoms with Crippen LogP contribution >= 0.6 is 0 Å². The number of carbonyl (C=O) groups is 1. The molecular weight excluding hydrogens is 265 g/mol. The molecule has 0 aromatic carbocycles. The number of amides is 2.